The summed E-state index contributed by atoms with van der Waals surface area (Å²) >= 11 is 6.15. The number of nitro groups is 1. The molecule has 0 unspecified atom stereocenters. The Morgan fingerprint density at radius 1 is 1.07 bits per heavy atom. The lowest BCUT2D eigenvalue weighted by molar-refractivity contribution is -0.385. The molecular formula is C21H16ClN5O3. The van der Waals surface area contributed by atoms with Gasteiger partial charge in [-0.05, 0) is 43.7 Å². The summed E-state index contributed by atoms with van der Waals surface area (Å²) in [5.74, 6) is 0.176. The molecule has 0 fully saturated rings. The van der Waals surface area contributed by atoms with Crippen LogP contribution in [0.25, 0.3) is 10.9 Å². The van der Waals surface area contributed by atoms with Crippen molar-refractivity contribution in [3.63, 3.8) is 0 Å². The monoisotopic (exact) mass is 421 g/mol. The molecule has 2 heterocycles. The van der Waals surface area contributed by atoms with Crippen molar-refractivity contribution in [1.82, 2.24) is 15.0 Å². The number of aryl methyl sites for hydroxylation is 1. The molecule has 150 valence electrons. The topological polar surface area (TPSA) is 103 Å². The number of para-hydroxylation sites is 1. The fourth-order valence-electron chi connectivity index (χ4n) is 2.97. The van der Waals surface area contributed by atoms with Gasteiger partial charge >= 0.3 is 11.6 Å². The smallest absolute Gasteiger partial charge is 0.373 e. The SMILES string of the molecule is Cc1ccc2cccc(Oc3ncnc(Nc4cccc(Cl)c4C)c3[N+](=O)[O-])c2n1. The van der Waals surface area contributed by atoms with Crippen LogP contribution in [0, 0.1) is 24.0 Å². The van der Waals surface area contributed by atoms with Crippen molar-refractivity contribution in [2.75, 3.05) is 5.32 Å². The van der Waals surface area contributed by atoms with E-state index in [9.17, 15) is 10.1 Å². The number of hydrogen-bond acceptors (Lipinski definition) is 7. The number of fused-ring (bicyclic) bond motifs is 1. The Hall–Kier alpha value is -3.78. The Bertz CT molecular complexity index is 1280. The maximum atomic E-state index is 11.9. The highest BCUT2D eigenvalue weighted by atomic mass is 35.5. The van der Waals surface area contributed by atoms with E-state index >= 15 is 0 Å². The van der Waals surface area contributed by atoms with Gasteiger partial charge in [-0.3, -0.25) is 10.1 Å². The van der Waals surface area contributed by atoms with E-state index in [1.165, 1.54) is 6.33 Å². The van der Waals surface area contributed by atoms with E-state index in [0.29, 0.717) is 22.0 Å². The zero-order chi connectivity index (χ0) is 21.3. The summed E-state index contributed by atoms with van der Waals surface area (Å²) in [7, 11) is 0. The van der Waals surface area contributed by atoms with Gasteiger partial charge in [0, 0.05) is 21.8 Å². The number of ether oxygens (including phenoxy) is 1. The molecule has 0 saturated carbocycles. The quantitative estimate of drug-likeness (QED) is 0.323. The van der Waals surface area contributed by atoms with E-state index < -0.39 is 4.92 Å². The minimum absolute atomic E-state index is 0.000238. The predicted molar refractivity (Wildman–Crippen MR) is 115 cm³/mol. The van der Waals surface area contributed by atoms with Crippen LogP contribution >= 0.6 is 11.6 Å². The molecule has 30 heavy (non-hydrogen) atoms. The fraction of sp³-hybridized carbons (Fsp3) is 0.0952. The molecule has 8 nitrogen and oxygen atoms in total. The number of rotatable bonds is 5. The number of anilines is 2. The standard InChI is InChI=1S/C21H16ClN5O3/c1-12-9-10-14-5-3-8-17(18(14)25-12)30-21-19(27(28)29)20(23-11-24-21)26-16-7-4-6-15(22)13(16)2/h3-11H,1-2H3,(H,23,24,26). The second-order valence-corrected chi connectivity index (χ2v) is 6.96. The Morgan fingerprint density at radius 2 is 1.87 bits per heavy atom. The molecule has 1 N–H and O–H groups in total. The second kappa shape index (κ2) is 7.92. The van der Waals surface area contributed by atoms with Gasteiger partial charge in [0.2, 0.25) is 5.82 Å². The normalized spacial score (nSPS) is 10.8. The van der Waals surface area contributed by atoms with Crippen molar-refractivity contribution < 1.29 is 9.66 Å². The van der Waals surface area contributed by atoms with Crippen LogP contribution in [0.4, 0.5) is 17.2 Å². The third-order valence-electron chi connectivity index (χ3n) is 4.52. The van der Waals surface area contributed by atoms with Gasteiger partial charge < -0.3 is 10.1 Å². The highest BCUT2D eigenvalue weighted by Gasteiger charge is 2.26. The second-order valence-electron chi connectivity index (χ2n) is 6.55. The van der Waals surface area contributed by atoms with Gasteiger partial charge in [0.15, 0.2) is 5.75 Å². The minimum atomic E-state index is -0.582. The van der Waals surface area contributed by atoms with E-state index in [0.717, 1.165) is 16.6 Å². The van der Waals surface area contributed by atoms with E-state index in [2.05, 4.69) is 20.3 Å². The molecule has 0 amide bonds. The van der Waals surface area contributed by atoms with Crippen molar-refractivity contribution in [2.45, 2.75) is 13.8 Å². The average Bonchev–Trinajstić information content (AvgIpc) is 2.72. The summed E-state index contributed by atoms with van der Waals surface area (Å²) in [6.07, 6.45) is 1.20. The molecule has 0 radical (unpaired) electrons. The predicted octanol–water partition coefficient (Wildman–Crippen LogP) is 5.74. The number of nitrogens with one attached hydrogen (secondary N) is 1. The van der Waals surface area contributed by atoms with Crippen LogP contribution in [0.2, 0.25) is 5.02 Å². The number of halogens is 1. The van der Waals surface area contributed by atoms with Gasteiger partial charge in [-0.15, -0.1) is 0 Å². The van der Waals surface area contributed by atoms with Crippen LogP contribution in [0.5, 0.6) is 11.6 Å². The van der Waals surface area contributed by atoms with Gasteiger partial charge in [0.05, 0.1) is 4.92 Å². The first-order valence-electron chi connectivity index (χ1n) is 9.00. The molecule has 0 spiro atoms. The number of benzene rings is 2. The Labute approximate surface area is 176 Å². The molecule has 0 aliphatic heterocycles. The molecule has 0 saturated heterocycles. The lowest BCUT2D eigenvalue weighted by atomic mass is 10.2. The summed E-state index contributed by atoms with van der Waals surface area (Å²) in [4.78, 5) is 23.8. The number of hydrogen-bond donors (Lipinski definition) is 1. The van der Waals surface area contributed by atoms with Crippen molar-refractivity contribution >= 4 is 39.7 Å². The molecule has 0 atom stereocenters. The first-order valence-corrected chi connectivity index (χ1v) is 9.37. The fourth-order valence-corrected chi connectivity index (χ4v) is 3.14. The van der Waals surface area contributed by atoms with Gasteiger partial charge in [-0.1, -0.05) is 35.9 Å². The number of nitrogens with zero attached hydrogens (tertiary/aromatic N) is 4. The highest BCUT2D eigenvalue weighted by Crippen LogP contribution is 2.38. The van der Waals surface area contributed by atoms with Crippen molar-refractivity contribution in [3.05, 3.63) is 81.3 Å². The Kier molecular flexibility index (Phi) is 5.16. The zero-order valence-corrected chi connectivity index (χ0v) is 16.8. The number of pyridine rings is 1. The molecule has 4 aromatic rings. The van der Waals surface area contributed by atoms with Gasteiger partial charge in [-0.25, -0.2) is 9.97 Å². The van der Waals surface area contributed by atoms with Crippen molar-refractivity contribution in [3.8, 4) is 11.6 Å². The maximum absolute atomic E-state index is 11.9. The van der Waals surface area contributed by atoms with Crippen LogP contribution in [0.15, 0.2) is 54.9 Å². The molecule has 0 bridgehead atoms. The zero-order valence-electron chi connectivity index (χ0n) is 16.1. The Balaban J connectivity index is 1.78. The summed E-state index contributed by atoms with van der Waals surface area (Å²) in [6.45, 7) is 3.66. The molecule has 0 aliphatic carbocycles. The molecule has 4 rings (SSSR count). The van der Waals surface area contributed by atoms with Crippen molar-refractivity contribution in [1.29, 1.82) is 0 Å². The van der Waals surface area contributed by atoms with Gasteiger partial charge in [0.25, 0.3) is 0 Å². The number of aromatic nitrogens is 3. The molecule has 2 aromatic heterocycles. The van der Waals surface area contributed by atoms with Crippen LogP contribution in [0.1, 0.15) is 11.3 Å². The molecule has 2 aromatic carbocycles. The minimum Gasteiger partial charge on any atom is -0.431 e. The third-order valence-corrected chi connectivity index (χ3v) is 4.93. The molecule has 0 aliphatic rings. The first kappa shape index (κ1) is 19.5. The van der Waals surface area contributed by atoms with Gasteiger partial charge in [0.1, 0.15) is 11.8 Å². The third kappa shape index (κ3) is 3.72. The lowest BCUT2D eigenvalue weighted by Gasteiger charge is -2.12. The van der Waals surface area contributed by atoms with E-state index in [4.69, 9.17) is 16.3 Å². The van der Waals surface area contributed by atoms with Crippen molar-refractivity contribution in [2.24, 2.45) is 0 Å². The Morgan fingerprint density at radius 3 is 2.67 bits per heavy atom. The van der Waals surface area contributed by atoms with Crippen LogP contribution in [-0.4, -0.2) is 19.9 Å². The largest absolute Gasteiger partial charge is 0.431 e. The summed E-state index contributed by atoms with van der Waals surface area (Å²) in [6, 6.07) is 14.4. The maximum Gasteiger partial charge on any atom is 0.373 e. The molecule has 9 heteroatoms. The average molecular weight is 422 g/mol. The summed E-state index contributed by atoms with van der Waals surface area (Å²) in [5.41, 5.74) is 2.34. The van der Waals surface area contributed by atoms with Crippen LogP contribution in [0.3, 0.4) is 0 Å². The van der Waals surface area contributed by atoms with E-state index in [1.807, 2.05) is 25.1 Å². The van der Waals surface area contributed by atoms with E-state index in [-0.39, 0.29) is 17.4 Å². The lowest BCUT2D eigenvalue weighted by Crippen LogP contribution is -2.04. The van der Waals surface area contributed by atoms with Gasteiger partial charge in [-0.2, -0.15) is 4.98 Å². The summed E-state index contributed by atoms with van der Waals surface area (Å²) in [5, 5.41) is 16.2. The van der Waals surface area contributed by atoms with Crippen LogP contribution < -0.4 is 10.1 Å². The highest BCUT2D eigenvalue weighted by molar-refractivity contribution is 6.31. The molecular weight excluding hydrogens is 406 g/mol. The van der Waals surface area contributed by atoms with Crippen LogP contribution in [-0.2, 0) is 0 Å². The summed E-state index contributed by atoms with van der Waals surface area (Å²) < 4.78 is 5.85. The first-order chi connectivity index (χ1) is 14.4. The van der Waals surface area contributed by atoms with E-state index in [1.54, 1.807) is 37.3 Å².